The second-order valence-electron chi connectivity index (χ2n) is 4.29. The molecule has 0 atom stereocenters. The summed E-state index contributed by atoms with van der Waals surface area (Å²) in [7, 11) is 1.99. The number of rotatable bonds is 4. The number of hydrogen-bond acceptors (Lipinski definition) is 2. The molecule has 1 rings (SSSR count). The van der Waals surface area contributed by atoms with Gasteiger partial charge in [0.25, 0.3) is 0 Å². The monoisotopic (exact) mass is 204 g/mol. The third kappa shape index (κ3) is 4.15. The van der Waals surface area contributed by atoms with Gasteiger partial charge in [-0.25, -0.2) is 0 Å². The topological polar surface area (TPSA) is 15.6 Å². The van der Waals surface area contributed by atoms with Crippen LogP contribution in [0.25, 0.3) is 0 Å². The number of para-hydroxylation sites is 1. The lowest BCUT2D eigenvalue weighted by Crippen LogP contribution is -2.12. The van der Waals surface area contributed by atoms with Crippen molar-refractivity contribution in [1.82, 2.24) is 0 Å². The normalized spacial score (nSPS) is 11.9. The maximum Gasteiger partial charge on any atom is 0.0590 e. The molecule has 0 saturated heterocycles. The lowest BCUT2D eigenvalue weighted by Gasteiger charge is -2.15. The summed E-state index contributed by atoms with van der Waals surface area (Å²) in [4.78, 5) is 0. The van der Waals surface area contributed by atoms with Crippen LogP contribution < -0.4 is 5.01 Å². The maximum atomic E-state index is 4.54. The van der Waals surface area contributed by atoms with Gasteiger partial charge in [0.05, 0.1) is 5.69 Å². The summed E-state index contributed by atoms with van der Waals surface area (Å²) >= 11 is 0. The molecule has 0 aliphatic heterocycles. The van der Waals surface area contributed by atoms with Crippen LogP contribution in [0.5, 0.6) is 0 Å². The molecule has 0 bridgehead atoms. The van der Waals surface area contributed by atoms with Crippen LogP contribution >= 0.6 is 0 Å². The quantitative estimate of drug-likeness (QED) is 0.541. The Bertz CT molecular complexity index is 315. The van der Waals surface area contributed by atoms with Crippen molar-refractivity contribution in [3.63, 3.8) is 0 Å². The molecule has 82 valence electrons. The van der Waals surface area contributed by atoms with E-state index in [4.69, 9.17) is 0 Å². The Kier molecular flexibility index (Phi) is 4.35. The fourth-order valence-electron chi connectivity index (χ4n) is 1.59. The van der Waals surface area contributed by atoms with E-state index in [2.05, 4.69) is 38.0 Å². The molecule has 0 saturated carbocycles. The van der Waals surface area contributed by atoms with Crippen LogP contribution in [-0.4, -0.2) is 12.8 Å². The highest BCUT2D eigenvalue weighted by Gasteiger charge is 2.00. The van der Waals surface area contributed by atoms with Gasteiger partial charge < -0.3 is 0 Å². The summed E-state index contributed by atoms with van der Waals surface area (Å²) in [6, 6.07) is 10.2. The van der Waals surface area contributed by atoms with Gasteiger partial charge in [-0.2, -0.15) is 5.10 Å². The Balaban J connectivity index is 2.66. The molecule has 15 heavy (non-hydrogen) atoms. The Morgan fingerprint density at radius 1 is 1.27 bits per heavy atom. The molecule has 0 amide bonds. The predicted molar refractivity (Wildman–Crippen MR) is 67.4 cm³/mol. The van der Waals surface area contributed by atoms with E-state index < -0.39 is 0 Å². The molecule has 0 aliphatic rings. The fraction of sp³-hybridized carbons (Fsp3) is 0.462. The number of nitrogens with zero attached hydrogens (tertiary/aromatic N) is 2. The van der Waals surface area contributed by atoms with E-state index in [9.17, 15) is 0 Å². The van der Waals surface area contributed by atoms with Gasteiger partial charge in [0.15, 0.2) is 0 Å². The summed E-state index contributed by atoms with van der Waals surface area (Å²) in [5.74, 6) is 0.665. The Morgan fingerprint density at radius 3 is 2.40 bits per heavy atom. The summed E-state index contributed by atoms with van der Waals surface area (Å²) in [6.45, 7) is 6.50. The highest BCUT2D eigenvalue weighted by atomic mass is 15.4. The van der Waals surface area contributed by atoms with Gasteiger partial charge in [-0.05, 0) is 31.4 Å². The minimum Gasteiger partial charge on any atom is -0.269 e. The van der Waals surface area contributed by atoms with Crippen LogP contribution in [0.3, 0.4) is 0 Å². The van der Waals surface area contributed by atoms with Crippen molar-refractivity contribution in [2.24, 2.45) is 11.0 Å². The fourth-order valence-corrected chi connectivity index (χ4v) is 1.59. The molecular formula is C13H20N2. The molecule has 0 unspecified atom stereocenters. The minimum atomic E-state index is 0.665. The summed E-state index contributed by atoms with van der Waals surface area (Å²) in [5.41, 5.74) is 2.30. The van der Waals surface area contributed by atoms with E-state index in [1.54, 1.807) is 0 Å². The highest BCUT2D eigenvalue weighted by Crippen LogP contribution is 2.12. The Morgan fingerprint density at radius 2 is 1.87 bits per heavy atom. The molecule has 0 aliphatic carbocycles. The average Bonchev–Trinajstić information content (AvgIpc) is 2.17. The van der Waals surface area contributed by atoms with Gasteiger partial charge in [0, 0.05) is 12.8 Å². The number of hydrazone groups is 1. The van der Waals surface area contributed by atoms with E-state index in [1.807, 2.05) is 30.3 Å². The summed E-state index contributed by atoms with van der Waals surface area (Å²) in [5, 5.41) is 6.47. The van der Waals surface area contributed by atoms with Gasteiger partial charge in [-0.3, -0.25) is 5.01 Å². The third-order valence-electron chi connectivity index (χ3n) is 2.15. The third-order valence-corrected chi connectivity index (χ3v) is 2.15. The molecule has 1 aromatic rings. The molecule has 1 aromatic carbocycles. The zero-order valence-corrected chi connectivity index (χ0v) is 10.1. The molecule has 0 aromatic heterocycles. The van der Waals surface area contributed by atoms with Crippen LogP contribution in [0, 0.1) is 5.92 Å². The molecule has 0 fully saturated rings. The van der Waals surface area contributed by atoms with E-state index in [-0.39, 0.29) is 0 Å². The number of benzene rings is 1. The number of anilines is 1. The second-order valence-corrected chi connectivity index (χ2v) is 4.29. The van der Waals surface area contributed by atoms with Gasteiger partial charge in [0.2, 0.25) is 0 Å². The maximum absolute atomic E-state index is 4.54. The van der Waals surface area contributed by atoms with Crippen LogP contribution in [0.2, 0.25) is 0 Å². The van der Waals surface area contributed by atoms with Gasteiger partial charge >= 0.3 is 0 Å². The highest BCUT2D eigenvalue weighted by molar-refractivity contribution is 5.82. The average molecular weight is 204 g/mol. The Hall–Kier alpha value is -1.31. The van der Waals surface area contributed by atoms with Gasteiger partial charge in [-0.15, -0.1) is 0 Å². The zero-order valence-electron chi connectivity index (χ0n) is 10.1. The van der Waals surface area contributed by atoms with E-state index >= 15 is 0 Å². The second kappa shape index (κ2) is 5.54. The van der Waals surface area contributed by atoms with Crippen molar-refractivity contribution in [1.29, 1.82) is 0 Å². The van der Waals surface area contributed by atoms with Crippen LogP contribution in [-0.2, 0) is 0 Å². The van der Waals surface area contributed by atoms with Crippen LogP contribution in [0.1, 0.15) is 27.2 Å². The van der Waals surface area contributed by atoms with E-state index in [0.29, 0.717) is 5.92 Å². The molecule has 0 heterocycles. The van der Waals surface area contributed by atoms with E-state index in [0.717, 1.165) is 12.1 Å². The largest absolute Gasteiger partial charge is 0.269 e. The molecule has 2 nitrogen and oxygen atoms in total. The van der Waals surface area contributed by atoms with Crippen molar-refractivity contribution in [2.75, 3.05) is 12.1 Å². The molecule has 0 spiro atoms. The van der Waals surface area contributed by atoms with Crippen LogP contribution in [0.15, 0.2) is 35.4 Å². The molecule has 2 heteroatoms. The lowest BCUT2D eigenvalue weighted by atomic mass is 10.1. The molecule has 0 N–H and O–H groups in total. The first-order valence-corrected chi connectivity index (χ1v) is 5.42. The summed E-state index contributed by atoms with van der Waals surface area (Å²) < 4.78 is 0. The van der Waals surface area contributed by atoms with E-state index in [1.165, 1.54) is 5.71 Å². The van der Waals surface area contributed by atoms with Crippen molar-refractivity contribution < 1.29 is 0 Å². The van der Waals surface area contributed by atoms with Crippen LogP contribution in [0.4, 0.5) is 5.69 Å². The van der Waals surface area contributed by atoms with Crippen molar-refractivity contribution >= 4 is 11.4 Å². The first-order valence-electron chi connectivity index (χ1n) is 5.42. The predicted octanol–water partition coefficient (Wildman–Crippen LogP) is 3.54. The number of hydrogen-bond donors (Lipinski definition) is 0. The summed E-state index contributed by atoms with van der Waals surface area (Å²) in [6.07, 6.45) is 1.05. The minimum absolute atomic E-state index is 0.665. The smallest absolute Gasteiger partial charge is 0.0590 e. The first-order chi connectivity index (χ1) is 7.09. The van der Waals surface area contributed by atoms with Crippen molar-refractivity contribution in [3.8, 4) is 0 Å². The molecular weight excluding hydrogens is 184 g/mol. The van der Waals surface area contributed by atoms with Crippen molar-refractivity contribution in [2.45, 2.75) is 27.2 Å². The van der Waals surface area contributed by atoms with Gasteiger partial charge in [-0.1, -0.05) is 32.0 Å². The van der Waals surface area contributed by atoms with Crippen molar-refractivity contribution in [3.05, 3.63) is 30.3 Å². The lowest BCUT2D eigenvalue weighted by molar-refractivity contribution is 0.680. The standard InChI is InChI=1S/C13H20N2/c1-11(2)10-12(3)14-15(4)13-8-6-5-7-9-13/h5-9,11H,10H2,1-4H3/b14-12+. The zero-order chi connectivity index (χ0) is 11.3. The Labute approximate surface area is 92.6 Å². The first kappa shape index (κ1) is 11.8. The molecule has 0 radical (unpaired) electrons. The van der Waals surface area contributed by atoms with Gasteiger partial charge in [0.1, 0.15) is 0 Å². The SMILES string of the molecule is C/C(CC(C)C)=N\N(C)c1ccccc1.